The number of carbonyl (C=O) groups is 1. The number of thiazole rings is 1. The Labute approximate surface area is 170 Å². The lowest BCUT2D eigenvalue weighted by atomic mass is 10.2. The van der Waals surface area contributed by atoms with Crippen molar-refractivity contribution in [2.24, 2.45) is 0 Å². The van der Waals surface area contributed by atoms with Gasteiger partial charge in [-0.3, -0.25) is 10.2 Å². The molecule has 140 valence electrons. The van der Waals surface area contributed by atoms with Crippen LogP contribution in [0.1, 0.15) is 15.4 Å². The first-order chi connectivity index (χ1) is 12.8. The Hall–Kier alpha value is -1.97. The summed E-state index contributed by atoms with van der Waals surface area (Å²) < 4.78 is 24.7. The molecule has 0 atom stereocenters. The first-order valence-corrected chi connectivity index (χ1v) is 10.6. The Kier molecular flexibility index (Phi) is 5.83. The summed E-state index contributed by atoms with van der Waals surface area (Å²) in [5.74, 6) is -0.608. The third kappa shape index (κ3) is 4.66. The van der Waals surface area contributed by atoms with Gasteiger partial charge in [0.1, 0.15) is 9.88 Å². The summed E-state index contributed by atoms with van der Waals surface area (Å²) in [7, 11) is -4.03. The van der Waals surface area contributed by atoms with Crippen molar-refractivity contribution in [3.63, 3.8) is 0 Å². The van der Waals surface area contributed by atoms with Gasteiger partial charge in [-0.1, -0.05) is 53.5 Å². The van der Waals surface area contributed by atoms with Crippen molar-refractivity contribution in [1.82, 2.24) is 15.2 Å². The minimum Gasteiger partial charge on any atom is -0.273 e. The molecule has 0 aliphatic heterocycles. The van der Waals surface area contributed by atoms with Gasteiger partial charge in [-0.25, -0.2) is 13.4 Å². The van der Waals surface area contributed by atoms with E-state index in [1.54, 1.807) is 6.92 Å². The van der Waals surface area contributed by atoms with Gasteiger partial charge < -0.3 is 0 Å². The maximum absolute atomic E-state index is 12.4. The molecule has 0 fully saturated rings. The van der Waals surface area contributed by atoms with E-state index in [4.69, 9.17) is 23.2 Å². The number of nitrogens with zero attached hydrogens (tertiary/aromatic N) is 1. The minimum atomic E-state index is -4.03. The normalized spacial score (nSPS) is 11.4. The lowest BCUT2D eigenvalue weighted by molar-refractivity contribution is 0.0948. The van der Waals surface area contributed by atoms with Gasteiger partial charge in [-0.15, -0.1) is 16.2 Å². The summed E-state index contributed by atoms with van der Waals surface area (Å²) in [4.78, 5) is 19.0. The predicted molar refractivity (Wildman–Crippen MR) is 107 cm³/mol. The summed E-state index contributed by atoms with van der Waals surface area (Å²) >= 11 is 12.8. The van der Waals surface area contributed by atoms with Crippen LogP contribution in [0.15, 0.2) is 53.4 Å². The number of benzene rings is 2. The molecule has 0 aliphatic rings. The van der Waals surface area contributed by atoms with Gasteiger partial charge in [0.2, 0.25) is 0 Å². The number of carbonyl (C=O) groups excluding carboxylic acids is 1. The SMILES string of the molecule is Cc1nc(-c2ccccc2)sc1C(=O)NNS(=O)(=O)c1cc(Cl)cc(Cl)c1. The van der Waals surface area contributed by atoms with Gasteiger partial charge in [-0.05, 0) is 25.1 Å². The zero-order valence-corrected chi connectivity index (χ0v) is 17.0. The Bertz CT molecular complexity index is 1080. The van der Waals surface area contributed by atoms with Gasteiger partial charge in [0, 0.05) is 15.6 Å². The average molecular weight is 442 g/mol. The third-order valence-corrected chi connectivity index (χ3v) is 6.34. The molecule has 2 aromatic carbocycles. The Morgan fingerprint density at radius 3 is 2.33 bits per heavy atom. The number of halogens is 2. The summed E-state index contributed by atoms with van der Waals surface area (Å²) in [5.41, 5.74) is 3.56. The number of hydrazine groups is 1. The highest BCUT2D eigenvalue weighted by Gasteiger charge is 2.20. The van der Waals surface area contributed by atoms with E-state index in [0.717, 1.165) is 5.56 Å². The third-order valence-electron chi connectivity index (χ3n) is 3.47. The second kappa shape index (κ2) is 7.95. The van der Waals surface area contributed by atoms with Crippen molar-refractivity contribution in [3.05, 3.63) is 69.1 Å². The van der Waals surface area contributed by atoms with Crippen LogP contribution >= 0.6 is 34.5 Å². The summed E-state index contributed by atoms with van der Waals surface area (Å²) in [6, 6.07) is 13.3. The highest BCUT2D eigenvalue weighted by molar-refractivity contribution is 7.89. The Morgan fingerprint density at radius 2 is 1.70 bits per heavy atom. The van der Waals surface area contributed by atoms with Crippen molar-refractivity contribution < 1.29 is 13.2 Å². The van der Waals surface area contributed by atoms with E-state index >= 15 is 0 Å². The summed E-state index contributed by atoms with van der Waals surface area (Å²) in [6.07, 6.45) is 0. The molecule has 0 spiro atoms. The topological polar surface area (TPSA) is 88.2 Å². The fraction of sp³-hybridized carbons (Fsp3) is 0.0588. The van der Waals surface area contributed by atoms with Crippen LogP contribution in [0.3, 0.4) is 0 Å². The van der Waals surface area contributed by atoms with Crippen molar-refractivity contribution in [2.45, 2.75) is 11.8 Å². The lowest BCUT2D eigenvalue weighted by Gasteiger charge is -2.08. The number of hydrogen-bond acceptors (Lipinski definition) is 5. The quantitative estimate of drug-likeness (QED) is 0.584. The molecule has 6 nitrogen and oxygen atoms in total. The molecule has 0 radical (unpaired) electrons. The molecule has 0 bridgehead atoms. The molecule has 1 aromatic heterocycles. The van der Waals surface area contributed by atoms with Crippen LogP contribution < -0.4 is 10.3 Å². The van der Waals surface area contributed by atoms with Gasteiger partial charge in [0.05, 0.1) is 10.6 Å². The van der Waals surface area contributed by atoms with E-state index in [-0.39, 0.29) is 14.9 Å². The zero-order chi connectivity index (χ0) is 19.6. The van der Waals surface area contributed by atoms with Crippen LogP contribution in [-0.4, -0.2) is 19.3 Å². The van der Waals surface area contributed by atoms with E-state index in [1.165, 1.54) is 29.5 Å². The minimum absolute atomic E-state index is 0.161. The maximum Gasteiger partial charge on any atom is 0.278 e. The van der Waals surface area contributed by atoms with Crippen molar-refractivity contribution in [1.29, 1.82) is 0 Å². The molecule has 27 heavy (non-hydrogen) atoms. The second-order valence-electron chi connectivity index (χ2n) is 5.46. The number of hydrogen-bond donors (Lipinski definition) is 2. The number of sulfonamides is 1. The highest BCUT2D eigenvalue weighted by atomic mass is 35.5. The number of aryl methyl sites for hydroxylation is 1. The molecule has 2 N–H and O–H groups in total. The molecule has 3 rings (SSSR count). The molecule has 0 unspecified atom stereocenters. The molecule has 0 saturated carbocycles. The van der Waals surface area contributed by atoms with Crippen molar-refractivity contribution in [2.75, 3.05) is 0 Å². The predicted octanol–water partition coefficient (Wildman–Crippen LogP) is 4.05. The molecule has 0 saturated heterocycles. The van der Waals surface area contributed by atoms with Crippen LogP contribution in [0, 0.1) is 6.92 Å². The van der Waals surface area contributed by atoms with E-state index in [9.17, 15) is 13.2 Å². The highest BCUT2D eigenvalue weighted by Crippen LogP contribution is 2.27. The van der Waals surface area contributed by atoms with Gasteiger partial charge in [0.25, 0.3) is 15.9 Å². The fourth-order valence-corrected chi connectivity index (χ4v) is 4.76. The Balaban J connectivity index is 1.77. The van der Waals surface area contributed by atoms with E-state index in [0.29, 0.717) is 15.6 Å². The standard InChI is InChI=1S/C17H13Cl2N3O3S2/c1-10-15(26-17(20-10)11-5-3-2-4-6-11)16(23)21-22-27(24,25)14-8-12(18)7-13(19)9-14/h2-9,22H,1H3,(H,21,23). The monoisotopic (exact) mass is 441 g/mol. The van der Waals surface area contributed by atoms with Crippen molar-refractivity contribution >= 4 is 50.5 Å². The zero-order valence-electron chi connectivity index (χ0n) is 13.9. The first kappa shape index (κ1) is 19.8. The first-order valence-electron chi connectivity index (χ1n) is 7.57. The smallest absolute Gasteiger partial charge is 0.273 e. The molecule has 0 aliphatic carbocycles. The fourth-order valence-electron chi connectivity index (χ4n) is 2.22. The number of rotatable bonds is 5. The van der Waals surface area contributed by atoms with E-state index in [1.807, 2.05) is 35.2 Å². The molecule has 3 aromatic rings. The Morgan fingerprint density at radius 1 is 1.07 bits per heavy atom. The molecular formula is C17H13Cl2N3O3S2. The largest absolute Gasteiger partial charge is 0.278 e. The maximum atomic E-state index is 12.4. The van der Waals surface area contributed by atoms with Crippen LogP contribution in [-0.2, 0) is 10.0 Å². The molecular weight excluding hydrogens is 429 g/mol. The molecule has 10 heteroatoms. The van der Waals surface area contributed by atoms with Crippen LogP contribution in [0.25, 0.3) is 10.6 Å². The summed E-state index contributed by atoms with van der Waals surface area (Å²) in [6.45, 7) is 1.68. The van der Waals surface area contributed by atoms with Crippen LogP contribution in [0.4, 0.5) is 0 Å². The van der Waals surface area contributed by atoms with Gasteiger partial charge in [-0.2, -0.15) is 0 Å². The lowest BCUT2D eigenvalue weighted by Crippen LogP contribution is -2.41. The molecule has 1 heterocycles. The van der Waals surface area contributed by atoms with Crippen LogP contribution in [0.5, 0.6) is 0 Å². The number of amides is 1. The summed E-state index contributed by atoms with van der Waals surface area (Å²) in [5, 5.41) is 1.00. The molecule has 1 amide bonds. The van der Waals surface area contributed by atoms with Crippen LogP contribution in [0.2, 0.25) is 10.0 Å². The number of aromatic nitrogens is 1. The average Bonchev–Trinajstić information content (AvgIpc) is 3.01. The number of nitrogens with one attached hydrogen (secondary N) is 2. The van der Waals surface area contributed by atoms with Gasteiger partial charge >= 0.3 is 0 Å². The van der Waals surface area contributed by atoms with E-state index in [2.05, 4.69) is 10.4 Å². The second-order valence-corrected chi connectivity index (χ2v) is 9.02. The van der Waals surface area contributed by atoms with Crippen molar-refractivity contribution in [3.8, 4) is 10.6 Å². The van der Waals surface area contributed by atoms with E-state index < -0.39 is 15.9 Å². The van der Waals surface area contributed by atoms with Gasteiger partial charge in [0.15, 0.2) is 0 Å².